The zero-order valence-electron chi connectivity index (χ0n) is 8.98. The fraction of sp³-hybridized carbons (Fsp3) is 0.300. The third-order valence-electron chi connectivity index (χ3n) is 1.79. The molecule has 0 saturated heterocycles. The summed E-state index contributed by atoms with van der Waals surface area (Å²) in [5.74, 6) is -0.867. The lowest BCUT2D eigenvalue weighted by Crippen LogP contribution is -2.29. The third kappa shape index (κ3) is 4.80. The SMILES string of the molecule is NC(=O)COCCNC(=O)c1ccncc1Cl. The van der Waals surface area contributed by atoms with Gasteiger partial charge in [-0.3, -0.25) is 14.6 Å². The smallest absolute Gasteiger partial charge is 0.252 e. The summed E-state index contributed by atoms with van der Waals surface area (Å²) in [5, 5.41) is 2.87. The highest BCUT2D eigenvalue weighted by Gasteiger charge is 2.08. The number of nitrogens with one attached hydrogen (secondary N) is 1. The molecule has 0 aliphatic carbocycles. The van der Waals surface area contributed by atoms with Gasteiger partial charge in [-0.2, -0.15) is 0 Å². The molecule has 6 nitrogen and oxygen atoms in total. The van der Waals surface area contributed by atoms with E-state index in [1.165, 1.54) is 18.5 Å². The fourth-order valence-corrected chi connectivity index (χ4v) is 1.27. The highest BCUT2D eigenvalue weighted by atomic mass is 35.5. The molecule has 0 bridgehead atoms. The summed E-state index contributed by atoms with van der Waals surface area (Å²) >= 11 is 5.78. The lowest BCUT2D eigenvalue weighted by molar-refractivity contribution is -0.122. The van der Waals surface area contributed by atoms with Crippen LogP contribution in [0.1, 0.15) is 10.4 Å². The number of primary amides is 1. The second-order valence-corrected chi connectivity index (χ2v) is 3.54. The maximum absolute atomic E-state index is 11.6. The van der Waals surface area contributed by atoms with Crippen LogP contribution in [0, 0.1) is 0 Å². The molecule has 1 heterocycles. The van der Waals surface area contributed by atoms with Crippen LogP contribution < -0.4 is 11.1 Å². The zero-order valence-corrected chi connectivity index (χ0v) is 9.74. The van der Waals surface area contributed by atoms with Crippen molar-refractivity contribution in [1.29, 1.82) is 0 Å². The molecule has 0 atom stereocenters. The van der Waals surface area contributed by atoms with Crippen molar-refractivity contribution in [1.82, 2.24) is 10.3 Å². The van der Waals surface area contributed by atoms with Crippen molar-refractivity contribution in [3.63, 3.8) is 0 Å². The molecule has 17 heavy (non-hydrogen) atoms. The van der Waals surface area contributed by atoms with Crippen molar-refractivity contribution >= 4 is 23.4 Å². The van der Waals surface area contributed by atoms with Crippen LogP contribution in [0.15, 0.2) is 18.5 Å². The number of aromatic nitrogens is 1. The van der Waals surface area contributed by atoms with E-state index in [4.69, 9.17) is 22.1 Å². The Kier molecular flexibility index (Phi) is 5.38. The first-order chi connectivity index (χ1) is 8.11. The van der Waals surface area contributed by atoms with Gasteiger partial charge in [0.2, 0.25) is 5.91 Å². The van der Waals surface area contributed by atoms with Gasteiger partial charge in [0, 0.05) is 18.9 Å². The summed E-state index contributed by atoms with van der Waals surface area (Å²) in [5.41, 5.74) is 5.21. The van der Waals surface area contributed by atoms with E-state index >= 15 is 0 Å². The van der Waals surface area contributed by atoms with Crippen LogP contribution in [0.2, 0.25) is 5.02 Å². The number of nitrogens with zero attached hydrogens (tertiary/aromatic N) is 1. The van der Waals surface area contributed by atoms with Crippen LogP contribution >= 0.6 is 11.6 Å². The zero-order chi connectivity index (χ0) is 12.7. The molecule has 1 aromatic rings. The molecule has 7 heteroatoms. The number of nitrogens with two attached hydrogens (primary N) is 1. The maximum atomic E-state index is 11.6. The number of pyridine rings is 1. The molecular weight excluding hydrogens is 246 g/mol. The molecule has 2 amide bonds. The summed E-state index contributed by atoms with van der Waals surface area (Å²) < 4.78 is 4.88. The van der Waals surface area contributed by atoms with Crippen LogP contribution in [-0.2, 0) is 9.53 Å². The maximum Gasteiger partial charge on any atom is 0.252 e. The largest absolute Gasteiger partial charge is 0.370 e. The molecule has 0 aromatic carbocycles. The lowest BCUT2D eigenvalue weighted by atomic mass is 10.2. The van der Waals surface area contributed by atoms with Gasteiger partial charge < -0.3 is 15.8 Å². The monoisotopic (exact) mass is 257 g/mol. The van der Waals surface area contributed by atoms with Gasteiger partial charge in [0.15, 0.2) is 0 Å². The van der Waals surface area contributed by atoms with Crippen LogP contribution in [0.25, 0.3) is 0 Å². The molecule has 3 N–H and O–H groups in total. The Hall–Kier alpha value is -1.66. The number of ether oxygens (including phenoxy) is 1. The average Bonchev–Trinajstić information content (AvgIpc) is 2.28. The molecule has 0 radical (unpaired) electrons. The Balaban J connectivity index is 2.31. The van der Waals surface area contributed by atoms with E-state index in [9.17, 15) is 9.59 Å². The first-order valence-electron chi connectivity index (χ1n) is 4.85. The normalized spacial score (nSPS) is 9.94. The Bertz CT molecular complexity index is 412. The van der Waals surface area contributed by atoms with Crippen LogP contribution in [0.4, 0.5) is 0 Å². The first-order valence-corrected chi connectivity index (χ1v) is 5.23. The van der Waals surface area contributed by atoms with Crippen molar-refractivity contribution in [2.45, 2.75) is 0 Å². The van der Waals surface area contributed by atoms with E-state index in [0.29, 0.717) is 5.56 Å². The van der Waals surface area contributed by atoms with Crippen LogP contribution in [-0.4, -0.2) is 36.6 Å². The van der Waals surface area contributed by atoms with Crippen LogP contribution in [0.3, 0.4) is 0 Å². The summed E-state index contributed by atoms with van der Waals surface area (Å²) in [7, 11) is 0. The Morgan fingerprint density at radius 3 is 2.94 bits per heavy atom. The quantitative estimate of drug-likeness (QED) is 0.700. The van der Waals surface area contributed by atoms with Crippen LogP contribution in [0.5, 0.6) is 0 Å². The highest BCUT2D eigenvalue weighted by molar-refractivity contribution is 6.33. The van der Waals surface area contributed by atoms with E-state index in [-0.39, 0.29) is 30.7 Å². The molecule has 0 unspecified atom stereocenters. The molecule has 1 aromatic heterocycles. The molecule has 0 fully saturated rings. The van der Waals surface area contributed by atoms with Gasteiger partial charge in [0.25, 0.3) is 5.91 Å². The molecule has 0 aliphatic rings. The van der Waals surface area contributed by atoms with Gasteiger partial charge in [0.1, 0.15) is 6.61 Å². The standard InChI is InChI=1S/C10H12ClN3O3/c11-8-5-13-2-1-7(8)10(16)14-3-4-17-6-9(12)15/h1-2,5H,3-4,6H2,(H2,12,15)(H,14,16). The number of carbonyl (C=O) groups excluding carboxylic acids is 2. The number of hydrogen-bond donors (Lipinski definition) is 2. The van der Waals surface area contributed by atoms with Gasteiger partial charge in [-0.15, -0.1) is 0 Å². The van der Waals surface area contributed by atoms with Crippen molar-refractivity contribution in [3.8, 4) is 0 Å². The average molecular weight is 258 g/mol. The lowest BCUT2D eigenvalue weighted by Gasteiger charge is -2.06. The summed E-state index contributed by atoms with van der Waals surface area (Å²) in [6.07, 6.45) is 2.87. The van der Waals surface area contributed by atoms with Gasteiger partial charge in [0.05, 0.1) is 17.2 Å². The number of carbonyl (C=O) groups is 2. The highest BCUT2D eigenvalue weighted by Crippen LogP contribution is 2.12. The number of halogens is 1. The van der Waals surface area contributed by atoms with Crippen molar-refractivity contribution in [2.75, 3.05) is 19.8 Å². The summed E-state index contributed by atoms with van der Waals surface area (Å²) in [6.45, 7) is 0.314. The van der Waals surface area contributed by atoms with Gasteiger partial charge in [-0.25, -0.2) is 0 Å². The number of amides is 2. The van der Waals surface area contributed by atoms with E-state index in [1.54, 1.807) is 0 Å². The van der Waals surface area contributed by atoms with E-state index < -0.39 is 5.91 Å². The Morgan fingerprint density at radius 1 is 1.53 bits per heavy atom. The fourth-order valence-electron chi connectivity index (χ4n) is 1.06. The minimum atomic E-state index is -0.548. The predicted molar refractivity (Wildman–Crippen MR) is 61.6 cm³/mol. The molecular formula is C10H12ClN3O3. The molecule has 0 spiro atoms. The molecule has 1 rings (SSSR count). The predicted octanol–water partition coefficient (Wildman–Crippen LogP) is -0.0333. The second-order valence-electron chi connectivity index (χ2n) is 3.13. The first kappa shape index (κ1) is 13.4. The van der Waals surface area contributed by atoms with Crippen molar-refractivity contribution in [2.24, 2.45) is 5.73 Å². The molecule has 92 valence electrons. The van der Waals surface area contributed by atoms with Gasteiger partial charge in [-0.05, 0) is 6.07 Å². The molecule has 0 aliphatic heterocycles. The second kappa shape index (κ2) is 6.82. The molecule has 0 saturated carbocycles. The topological polar surface area (TPSA) is 94.3 Å². The van der Waals surface area contributed by atoms with E-state index in [2.05, 4.69) is 10.3 Å². The van der Waals surface area contributed by atoms with Crippen molar-refractivity contribution < 1.29 is 14.3 Å². The van der Waals surface area contributed by atoms with Gasteiger partial charge in [-0.1, -0.05) is 11.6 Å². The number of rotatable bonds is 6. The minimum Gasteiger partial charge on any atom is -0.370 e. The minimum absolute atomic E-state index is 0.161. The Labute approximate surface area is 103 Å². The number of hydrogen-bond acceptors (Lipinski definition) is 4. The Morgan fingerprint density at radius 2 is 2.29 bits per heavy atom. The van der Waals surface area contributed by atoms with E-state index in [0.717, 1.165) is 0 Å². The van der Waals surface area contributed by atoms with Gasteiger partial charge >= 0.3 is 0 Å². The summed E-state index contributed by atoms with van der Waals surface area (Å²) in [4.78, 5) is 25.7. The van der Waals surface area contributed by atoms with E-state index in [1.807, 2.05) is 0 Å². The summed E-state index contributed by atoms with van der Waals surface area (Å²) in [6, 6.07) is 1.52. The van der Waals surface area contributed by atoms with Crippen molar-refractivity contribution in [3.05, 3.63) is 29.0 Å². The third-order valence-corrected chi connectivity index (χ3v) is 2.09.